The lowest BCUT2D eigenvalue weighted by Crippen LogP contribution is -2.05. The Hall–Kier alpha value is -2.82. The van der Waals surface area contributed by atoms with Crippen molar-refractivity contribution in [2.24, 2.45) is 9.98 Å². The van der Waals surface area contributed by atoms with E-state index in [0.29, 0.717) is 35.1 Å². The van der Waals surface area contributed by atoms with Crippen LogP contribution >= 0.6 is 23.2 Å². The van der Waals surface area contributed by atoms with Crippen molar-refractivity contribution in [2.45, 2.75) is 12.1 Å². The third-order valence-electron chi connectivity index (χ3n) is 5.17. The fraction of sp³-hybridized carbons (Fsp3) is 0.167. The highest BCUT2D eigenvalue weighted by Crippen LogP contribution is 2.29. The van der Waals surface area contributed by atoms with Crippen LogP contribution in [0.1, 0.15) is 34.3 Å². The first-order valence-corrected chi connectivity index (χ1v) is 10.4. The molecule has 0 radical (unpaired) electrons. The molecule has 2 aliphatic heterocycles. The van der Waals surface area contributed by atoms with Gasteiger partial charge in [-0.05, 0) is 53.6 Å². The van der Waals surface area contributed by atoms with Crippen molar-refractivity contribution >= 4 is 35.0 Å². The predicted octanol–water partition coefficient (Wildman–Crippen LogP) is 6.03. The van der Waals surface area contributed by atoms with Gasteiger partial charge in [-0.3, -0.25) is 0 Å². The molecule has 3 aromatic carbocycles. The Bertz CT molecular complexity index is 1040. The average molecular weight is 437 g/mol. The molecule has 2 aliphatic rings. The maximum Gasteiger partial charge on any atom is 0.216 e. The van der Waals surface area contributed by atoms with Crippen molar-refractivity contribution in [3.05, 3.63) is 105 Å². The molecule has 0 saturated carbocycles. The Morgan fingerprint density at radius 1 is 0.633 bits per heavy atom. The van der Waals surface area contributed by atoms with Gasteiger partial charge in [-0.2, -0.15) is 0 Å². The zero-order chi connectivity index (χ0) is 20.5. The summed E-state index contributed by atoms with van der Waals surface area (Å²) in [5.41, 5.74) is 3.98. The molecule has 0 aliphatic carbocycles. The Morgan fingerprint density at radius 3 is 1.50 bits per heavy atom. The van der Waals surface area contributed by atoms with Crippen LogP contribution in [0, 0.1) is 0 Å². The van der Waals surface area contributed by atoms with E-state index in [-0.39, 0.29) is 12.1 Å². The van der Waals surface area contributed by atoms with Gasteiger partial charge < -0.3 is 9.47 Å². The molecule has 0 bridgehead atoms. The largest absolute Gasteiger partial charge is 0.475 e. The third-order valence-corrected chi connectivity index (χ3v) is 5.67. The number of hydrogen-bond donors (Lipinski definition) is 0. The van der Waals surface area contributed by atoms with E-state index >= 15 is 0 Å². The van der Waals surface area contributed by atoms with Gasteiger partial charge in [-0.1, -0.05) is 53.5 Å². The second-order valence-electron chi connectivity index (χ2n) is 7.21. The summed E-state index contributed by atoms with van der Waals surface area (Å²) in [6.07, 6.45) is 0. The molecule has 30 heavy (non-hydrogen) atoms. The molecule has 0 amide bonds. The van der Waals surface area contributed by atoms with E-state index in [0.717, 1.165) is 22.3 Å². The van der Waals surface area contributed by atoms with Crippen molar-refractivity contribution in [1.29, 1.82) is 0 Å². The van der Waals surface area contributed by atoms with Crippen LogP contribution in [0.3, 0.4) is 0 Å². The van der Waals surface area contributed by atoms with E-state index in [4.69, 9.17) is 42.7 Å². The number of aliphatic imine (C=N–C) groups is 2. The van der Waals surface area contributed by atoms with Gasteiger partial charge in [0.15, 0.2) is 0 Å². The smallest absolute Gasteiger partial charge is 0.216 e. The van der Waals surface area contributed by atoms with Crippen molar-refractivity contribution in [1.82, 2.24) is 0 Å². The van der Waals surface area contributed by atoms with Crippen molar-refractivity contribution in [2.75, 3.05) is 13.2 Å². The van der Waals surface area contributed by atoms with Gasteiger partial charge in [0.05, 0.1) is 0 Å². The van der Waals surface area contributed by atoms with Crippen molar-refractivity contribution in [3.63, 3.8) is 0 Å². The lowest BCUT2D eigenvalue weighted by Gasteiger charge is -2.05. The third kappa shape index (κ3) is 3.93. The zero-order valence-corrected chi connectivity index (χ0v) is 17.5. The van der Waals surface area contributed by atoms with Crippen LogP contribution < -0.4 is 0 Å². The fourth-order valence-electron chi connectivity index (χ4n) is 3.56. The quantitative estimate of drug-likeness (QED) is 0.500. The Labute approximate surface area is 184 Å². The molecular weight excluding hydrogens is 419 g/mol. The van der Waals surface area contributed by atoms with E-state index < -0.39 is 0 Å². The maximum absolute atomic E-state index is 5.98. The molecule has 3 aromatic rings. The second kappa shape index (κ2) is 8.13. The van der Waals surface area contributed by atoms with Gasteiger partial charge in [0, 0.05) is 21.2 Å². The van der Waals surface area contributed by atoms with Gasteiger partial charge >= 0.3 is 0 Å². The molecule has 0 saturated heterocycles. The summed E-state index contributed by atoms with van der Waals surface area (Å²) in [6, 6.07) is 23.3. The topological polar surface area (TPSA) is 43.2 Å². The first-order valence-electron chi connectivity index (χ1n) is 9.69. The van der Waals surface area contributed by atoms with Gasteiger partial charge in [-0.15, -0.1) is 0 Å². The normalized spacial score (nSPS) is 20.3. The summed E-state index contributed by atoms with van der Waals surface area (Å²) in [7, 11) is 0. The van der Waals surface area contributed by atoms with E-state index in [1.165, 1.54) is 0 Å². The van der Waals surface area contributed by atoms with Crippen LogP contribution in [-0.4, -0.2) is 25.0 Å². The maximum atomic E-state index is 5.98. The minimum atomic E-state index is -0.0321. The summed E-state index contributed by atoms with van der Waals surface area (Å²) in [4.78, 5) is 9.51. The molecule has 0 spiro atoms. The van der Waals surface area contributed by atoms with Crippen LogP contribution in [0.4, 0.5) is 0 Å². The van der Waals surface area contributed by atoms with Crippen LogP contribution in [-0.2, 0) is 9.47 Å². The minimum absolute atomic E-state index is 0.0321. The number of benzene rings is 3. The van der Waals surface area contributed by atoms with E-state index in [1.54, 1.807) is 0 Å². The standard InChI is InChI=1S/C24H18Cl2N2O2/c25-19-8-4-15(5-9-19)21-13-29-23(27-21)17-2-1-3-18(12-17)24-28-22(14-30-24)16-6-10-20(26)11-7-16/h1-12,21-22H,13-14H2. The molecule has 6 heteroatoms. The summed E-state index contributed by atoms with van der Waals surface area (Å²) < 4.78 is 11.8. The zero-order valence-electron chi connectivity index (χ0n) is 16.0. The van der Waals surface area contributed by atoms with Crippen LogP contribution in [0.5, 0.6) is 0 Å². The first kappa shape index (κ1) is 19.2. The predicted molar refractivity (Wildman–Crippen MR) is 120 cm³/mol. The lowest BCUT2D eigenvalue weighted by molar-refractivity contribution is 0.319. The molecule has 2 atom stereocenters. The Balaban J connectivity index is 1.37. The molecule has 150 valence electrons. The molecule has 2 unspecified atom stereocenters. The van der Waals surface area contributed by atoms with Gasteiger partial charge in [0.25, 0.3) is 0 Å². The minimum Gasteiger partial charge on any atom is -0.475 e. The molecular formula is C24H18Cl2N2O2. The van der Waals surface area contributed by atoms with Crippen molar-refractivity contribution in [3.8, 4) is 0 Å². The molecule has 4 nitrogen and oxygen atoms in total. The number of ether oxygens (including phenoxy) is 2. The van der Waals surface area contributed by atoms with Crippen molar-refractivity contribution < 1.29 is 9.47 Å². The lowest BCUT2D eigenvalue weighted by atomic mass is 10.1. The summed E-state index contributed by atoms with van der Waals surface area (Å²) in [5.74, 6) is 1.26. The van der Waals surface area contributed by atoms with Crippen LogP contribution in [0.15, 0.2) is 82.8 Å². The number of nitrogens with zero attached hydrogens (tertiary/aromatic N) is 2. The summed E-state index contributed by atoms with van der Waals surface area (Å²) >= 11 is 12.0. The molecule has 5 rings (SSSR count). The highest BCUT2D eigenvalue weighted by molar-refractivity contribution is 6.30. The number of rotatable bonds is 4. The number of hydrogen-bond acceptors (Lipinski definition) is 4. The van der Waals surface area contributed by atoms with E-state index in [9.17, 15) is 0 Å². The first-order chi connectivity index (χ1) is 14.7. The molecule has 2 heterocycles. The van der Waals surface area contributed by atoms with Gasteiger partial charge in [-0.25, -0.2) is 9.98 Å². The number of halogens is 2. The monoisotopic (exact) mass is 436 g/mol. The van der Waals surface area contributed by atoms with Gasteiger partial charge in [0.1, 0.15) is 25.3 Å². The SMILES string of the molecule is Clc1ccc(C2COC(c3cccc(C4=NC(c5ccc(Cl)cc5)CO4)c3)=N2)cc1. The Morgan fingerprint density at radius 2 is 1.07 bits per heavy atom. The molecule has 0 fully saturated rings. The highest BCUT2D eigenvalue weighted by atomic mass is 35.5. The van der Waals surface area contributed by atoms with Crippen LogP contribution in [0.2, 0.25) is 10.0 Å². The van der Waals surface area contributed by atoms with E-state index in [2.05, 4.69) is 0 Å². The highest BCUT2D eigenvalue weighted by Gasteiger charge is 2.24. The molecule has 0 N–H and O–H groups in total. The Kier molecular flexibility index (Phi) is 5.19. The fourth-order valence-corrected chi connectivity index (χ4v) is 3.81. The molecule has 0 aromatic heterocycles. The summed E-state index contributed by atoms with van der Waals surface area (Å²) in [6.45, 7) is 1.02. The van der Waals surface area contributed by atoms with E-state index in [1.807, 2.05) is 72.8 Å². The second-order valence-corrected chi connectivity index (χ2v) is 8.08. The van der Waals surface area contributed by atoms with Gasteiger partial charge in [0.2, 0.25) is 11.8 Å². The summed E-state index contributed by atoms with van der Waals surface area (Å²) in [5, 5.41) is 1.42. The van der Waals surface area contributed by atoms with Crippen LogP contribution in [0.25, 0.3) is 0 Å². The average Bonchev–Trinajstić information content (AvgIpc) is 3.45.